The van der Waals surface area contributed by atoms with Crippen molar-refractivity contribution < 1.29 is 8.42 Å². The number of aryl methyl sites for hydroxylation is 1. The molecule has 1 aromatic heterocycles. The largest absolute Gasteiger partial charge is 0.329 e. The summed E-state index contributed by atoms with van der Waals surface area (Å²) in [4.78, 5) is 0.186. The standard InChI is InChI=1S/C14H20N4O2S/c1-12-3-5-13(6-4-12)10-17(2)21(19,20)14-9-16-18(11-14)8-7-15/h3-6,9,11H,7-8,10,15H2,1-2H3. The van der Waals surface area contributed by atoms with Crippen LogP contribution in [0.2, 0.25) is 0 Å². The van der Waals surface area contributed by atoms with Gasteiger partial charge in [0, 0.05) is 26.3 Å². The number of rotatable bonds is 6. The quantitative estimate of drug-likeness (QED) is 0.862. The maximum absolute atomic E-state index is 12.5. The molecule has 6 nitrogen and oxygen atoms in total. The lowest BCUT2D eigenvalue weighted by Crippen LogP contribution is -2.26. The Balaban J connectivity index is 2.15. The Kier molecular flexibility index (Phi) is 4.76. The minimum atomic E-state index is -3.54. The Morgan fingerprint density at radius 2 is 1.95 bits per heavy atom. The molecule has 0 saturated heterocycles. The van der Waals surface area contributed by atoms with E-state index in [-0.39, 0.29) is 4.90 Å². The van der Waals surface area contributed by atoms with Gasteiger partial charge in [-0.2, -0.15) is 9.40 Å². The van der Waals surface area contributed by atoms with E-state index in [1.807, 2.05) is 31.2 Å². The fourth-order valence-corrected chi connectivity index (χ4v) is 3.06. The molecule has 114 valence electrons. The highest BCUT2D eigenvalue weighted by Gasteiger charge is 2.22. The summed E-state index contributed by atoms with van der Waals surface area (Å²) in [7, 11) is -1.97. The Hall–Kier alpha value is -1.70. The van der Waals surface area contributed by atoms with Gasteiger partial charge >= 0.3 is 0 Å². The van der Waals surface area contributed by atoms with Crippen LogP contribution in [0, 0.1) is 6.92 Å². The molecule has 21 heavy (non-hydrogen) atoms. The van der Waals surface area contributed by atoms with Crippen molar-refractivity contribution in [1.82, 2.24) is 14.1 Å². The molecule has 0 aliphatic heterocycles. The Bertz CT molecular complexity index is 692. The third-order valence-electron chi connectivity index (χ3n) is 3.20. The summed E-state index contributed by atoms with van der Waals surface area (Å²) in [6, 6.07) is 7.79. The lowest BCUT2D eigenvalue weighted by Gasteiger charge is -2.16. The molecule has 0 spiro atoms. The second kappa shape index (κ2) is 6.38. The molecular formula is C14H20N4O2S. The van der Waals surface area contributed by atoms with Crippen molar-refractivity contribution in [3.63, 3.8) is 0 Å². The first kappa shape index (κ1) is 15.7. The summed E-state index contributed by atoms with van der Waals surface area (Å²) < 4.78 is 27.8. The normalized spacial score (nSPS) is 12.0. The molecule has 0 unspecified atom stereocenters. The van der Waals surface area contributed by atoms with E-state index in [1.165, 1.54) is 21.4 Å². The van der Waals surface area contributed by atoms with Crippen LogP contribution in [0.4, 0.5) is 0 Å². The fourth-order valence-electron chi connectivity index (χ4n) is 1.95. The average molecular weight is 308 g/mol. The fraction of sp³-hybridized carbons (Fsp3) is 0.357. The van der Waals surface area contributed by atoms with Crippen LogP contribution in [0.25, 0.3) is 0 Å². The number of sulfonamides is 1. The molecule has 0 saturated carbocycles. The molecule has 2 rings (SSSR count). The van der Waals surface area contributed by atoms with Crippen LogP contribution in [0.1, 0.15) is 11.1 Å². The van der Waals surface area contributed by atoms with Crippen LogP contribution in [-0.2, 0) is 23.1 Å². The van der Waals surface area contributed by atoms with Gasteiger partial charge in [0.15, 0.2) is 0 Å². The monoisotopic (exact) mass is 308 g/mol. The second-order valence-corrected chi connectivity index (χ2v) is 7.02. The lowest BCUT2D eigenvalue weighted by molar-refractivity contribution is 0.466. The third kappa shape index (κ3) is 3.69. The van der Waals surface area contributed by atoms with Crippen molar-refractivity contribution >= 4 is 10.0 Å². The summed E-state index contributed by atoms with van der Waals surface area (Å²) in [6.45, 7) is 3.23. The van der Waals surface area contributed by atoms with Crippen LogP contribution >= 0.6 is 0 Å². The smallest absolute Gasteiger partial charge is 0.246 e. The predicted octanol–water partition coefficient (Wildman–Crippen LogP) is 0.971. The molecule has 1 aromatic carbocycles. The molecule has 7 heteroatoms. The highest BCUT2D eigenvalue weighted by molar-refractivity contribution is 7.89. The molecule has 0 amide bonds. The number of hydrogen-bond donors (Lipinski definition) is 1. The zero-order valence-corrected chi connectivity index (χ0v) is 13.0. The molecule has 2 N–H and O–H groups in total. The van der Waals surface area contributed by atoms with Gasteiger partial charge in [0.25, 0.3) is 0 Å². The predicted molar refractivity (Wildman–Crippen MR) is 81.1 cm³/mol. The summed E-state index contributed by atoms with van der Waals surface area (Å²) in [5.41, 5.74) is 7.52. The van der Waals surface area contributed by atoms with E-state index in [0.717, 1.165) is 11.1 Å². The zero-order valence-electron chi connectivity index (χ0n) is 12.2. The first-order chi connectivity index (χ1) is 9.93. The van der Waals surface area contributed by atoms with Crippen molar-refractivity contribution in [1.29, 1.82) is 0 Å². The van der Waals surface area contributed by atoms with Gasteiger partial charge in [0.1, 0.15) is 4.90 Å². The Morgan fingerprint density at radius 1 is 1.29 bits per heavy atom. The Morgan fingerprint density at radius 3 is 2.57 bits per heavy atom. The van der Waals surface area contributed by atoms with Crippen LogP contribution < -0.4 is 5.73 Å². The van der Waals surface area contributed by atoms with Gasteiger partial charge < -0.3 is 5.73 Å². The molecule has 0 bridgehead atoms. The topological polar surface area (TPSA) is 81.2 Å². The molecular weight excluding hydrogens is 288 g/mol. The van der Waals surface area contributed by atoms with E-state index in [0.29, 0.717) is 19.6 Å². The van der Waals surface area contributed by atoms with Crippen molar-refractivity contribution in [3.05, 3.63) is 47.8 Å². The maximum atomic E-state index is 12.5. The lowest BCUT2D eigenvalue weighted by atomic mass is 10.1. The number of nitrogens with zero attached hydrogens (tertiary/aromatic N) is 3. The third-order valence-corrected chi connectivity index (χ3v) is 4.96. The Labute approximate surface area is 125 Å². The number of nitrogens with two attached hydrogens (primary N) is 1. The highest BCUT2D eigenvalue weighted by Crippen LogP contribution is 2.16. The average Bonchev–Trinajstić information content (AvgIpc) is 2.91. The summed E-state index contributed by atoms with van der Waals surface area (Å²) in [5.74, 6) is 0. The number of hydrogen-bond acceptors (Lipinski definition) is 4. The molecule has 0 fully saturated rings. The van der Waals surface area contributed by atoms with Crippen molar-refractivity contribution in [2.75, 3.05) is 13.6 Å². The van der Waals surface area contributed by atoms with Gasteiger partial charge in [-0.05, 0) is 12.5 Å². The molecule has 0 aliphatic rings. The first-order valence-corrected chi connectivity index (χ1v) is 8.12. The zero-order chi connectivity index (χ0) is 15.5. The van der Waals surface area contributed by atoms with E-state index in [4.69, 9.17) is 5.73 Å². The van der Waals surface area contributed by atoms with E-state index in [2.05, 4.69) is 5.10 Å². The van der Waals surface area contributed by atoms with Crippen LogP contribution in [0.3, 0.4) is 0 Å². The molecule has 1 heterocycles. The SMILES string of the molecule is Cc1ccc(CN(C)S(=O)(=O)c2cnn(CCN)c2)cc1. The van der Waals surface area contributed by atoms with Crippen molar-refractivity contribution in [3.8, 4) is 0 Å². The second-order valence-electron chi connectivity index (χ2n) is 4.97. The van der Waals surface area contributed by atoms with Gasteiger partial charge in [-0.1, -0.05) is 29.8 Å². The summed E-state index contributed by atoms with van der Waals surface area (Å²) in [5, 5.41) is 4.00. The summed E-state index contributed by atoms with van der Waals surface area (Å²) >= 11 is 0. The van der Waals surface area contributed by atoms with Gasteiger partial charge in [-0.25, -0.2) is 8.42 Å². The molecule has 0 atom stereocenters. The number of benzene rings is 1. The minimum Gasteiger partial charge on any atom is -0.329 e. The molecule has 0 radical (unpaired) electrons. The minimum absolute atomic E-state index is 0.186. The molecule has 0 aliphatic carbocycles. The van der Waals surface area contributed by atoms with Gasteiger partial charge in [-0.15, -0.1) is 0 Å². The van der Waals surface area contributed by atoms with Crippen LogP contribution in [0.5, 0.6) is 0 Å². The van der Waals surface area contributed by atoms with Crippen molar-refractivity contribution in [2.24, 2.45) is 5.73 Å². The van der Waals surface area contributed by atoms with Crippen LogP contribution in [-0.4, -0.2) is 36.1 Å². The number of aromatic nitrogens is 2. The van der Waals surface area contributed by atoms with E-state index in [9.17, 15) is 8.42 Å². The maximum Gasteiger partial charge on any atom is 0.246 e. The van der Waals surface area contributed by atoms with E-state index in [1.54, 1.807) is 7.05 Å². The van der Waals surface area contributed by atoms with Crippen molar-refractivity contribution in [2.45, 2.75) is 24.9 Å². The highest BCUT2D eigenvalue weighted by atomic mass is 32.2. The van der Waals surface area contributed by atoms with Gasteiger partial charge in [-0.3, -0.25) is 4.68 Å². The van der Waals surface area contributed by atoms with E-state index < -0.39 is 10.0 Å². The van der Waals surface area contributed by atoms with E-state index >= 15 is 0 Å². The summed E-state index contributed by atoms with van der Waals surface area (Å²) in [6.07, 6.45) is 2.87. The molecule has 2 aromatic rings. The van der Waals surface area contributed by atoms with Gasteiger partial charge in [0.05, 0.1) is 12.7 Å². The van der Waals surface area contributed by atoms with Gasteiger partial charge in [0.2, 0.25) is 10.0 Å². The van der Waals surface area contributed by atoms with Crippen LogP contribution in [0.15, 0.2) is 41.6 Å². The first-order valence-electron chi connectivity index (χ1n) is 6.68.